The summed E-state index contributed by atoms with van der Waals surface area (Å²) in [6.45, 7) is 1.54. The summed E-state index contributed by atoms with van der Waals surface area (Å²) in [5, 5.41) is 0. The number of hydrogen-bond acceptors (Lipinski definition) is 3. The zero-order valence-electron chi connectivity index (χ0n) is 8.30. The first-order valence-corrected chi connectivity index (χ1v) is 5.19. The van der Waals surface area contributed by atoms with E-state index in [1.54, 1.807) is 24.5 Å². The van der Waals surface area contributed by atoms with Crippen LogP contribution in [0.25, 0.3) is 0 Å². The molecule has 1 aromatic rings. The summed E-state index contributed by atoms with van der Waals surface area (Å²) in [6.07, 6.45) is 4.97. The van der Waals surface area contributed by atoms with E-state index in [9.17, 15) is 4.79 Å². The van der Waals surface area contributed by atoms with E-state index in [1.165, 1.54) is 0 Å². The second kappa shape index (κ2) is 3.31. The molecule has 2 saturated heterocycles. The van der Waals surface area contributed by atoms with Crippen LogP contribution in [-0.4, -0.2) is 41.1 Å². The lowest BCUT2D eigenvalue weighted by Crippen LogP contribution is -2.39. The van der Waals surface area contributed by atoms with Gasteiger partial charge in [0.15, 0.2) is 0 Å². The second-order valence-electron chi connectivity index (χ2n) is 3.99. The zero-order valence-corrected chi connectivity index (χ0v) is 8.30. The average molecular weight is 204 g/mol. The Morgan fingerprint density at radius 2 is 2.47 bits per heavy atom. The summed E-state index contributed by atoms with van der Waals surface area (Å²) in [6, 6.07) is 3.59. The van der Waals surface area contributed by atoms with Crippen molar-refractivity contribution in [2.75, 3.05) is 13.1 Å². The van der Waals surface area contributed by atoms with Gasteiger partial charge < -0.3 is 9.64 Å². The molecule has 2 fully saturated rings. The number of piperidine rings is 1. The Labute approximate surface area is 87.9 Å². The first-order chi connectivity index (χ1) is 7.34. The Morgan fingerprint density at radius 3 is 3.20 bits per heavy atom. The standard InChI is InChI=1S/C11H12N2O2/c14-11(8-2-1-4-12-6-8)13-5-3-9-10(7-13)15-9/h1-2,4,6,9-10H,3,5,7H2/t9-,10+/m1/s1. The van der Waals surface area contributed by atoms with Crippen LogP contribution in [0.4, 0.5) is 0 Å². The first-order valence-electron chi connectivity index (χ1n) is 5.19. The monoisotopic (exact) mass is 204 g/mol. The Hall–Kier alpha value is -1.42. The fraction of sp³-hybridized carbons (Fsp3) is 0.455. The molecule has 78 valence electrons. The Bertz CT molecular complexity index is 379. The summed E-state index contributed by atoms with van der Waals surface area (Å²) in [4.78, 5) is 17.8. The fourth-order valence-corrected chi connectivity index (χ4v) is 2.04. The van der Waals surface area contributed by atoms with E-state index < -0.39 is 0 Å². The summed E-state index contributed by atoms with van der Waals surface area (Å²) in [5.41, 5.74) is 0.664. The van der Waals surface area contributed by atoms with Gasteiger partial charge in [0.05, 0.1) is 11.7 Å². The smallest absolute Gasteiger partial charge is 0.255 e. The third-order valence-corrected chi connectivity index (χ3v) is 2.97. The maximum Gasteiger partial charge on any atom is 0.255 e. The molecule has 1 aromatic heterocycles. The molecule has 2 aliphatic rings. The summed E-state index contributed by atoms with van der Waals surface area (Å²) in [5.74, 6) is 0.0667. The van der Waals surface area contributed by atoms with Crippen LogP contribution in [0, 0.1) is 0 Å². The number of epoxide rings is 1. The molecule has 0 saturated carbocycles. The van der Waals surface area contributed by atoms with E-state index in [0.29, 0.717) is 17.8 Å². The van der Waals surface area contributed by atoms with Crippen molar-refractivity contribution in [1.29, 1.82) is 0 Å². The van der Waals surface area contributed by atoms with Crippen LogP contribution in [0.5, 0.6) is 0 Å². The van der Waals surface area contributed by atoms with Crippen molar-refractivity contribution in [3.05, 3.63) is 30.1 Å². The highest BCUT2D eigenvalue weighted by atomic mass is 16.6. The van der Waals surface area contributed by atoms with Crippen LogP contribution in [0.15, 0.2) is 24.5 Å². The van der Waals surface area contributed by atoms with Gasteiger partial charge in [0.2, 0.25) is 0 Å². The molecule has 0 unspecified atom stereocenters. The lowest BCUT2D eigenvalue weighted by atomic mass is 10.1. The number of ether oxygens (including phenoxy) is 1. The van der Waals surface area contributed by atoms with E-state index in [4.69, 9.17) is 4.74 Å². The Morgan fingerprint density at radius 1 is 1.53 bits per heavy atom. The van der Waals surface area contributed by atoms with E-state index in [0.717, 1.165) is 19.5 Å². The molecule has 4 heteroatoms. The van der Waals surface area contributed by atoms with Gasteiger partial charge in [0.1, 0.15) is 6.10 Å². The number of carbonyl (C=O) groups is 1. The highest BCUT2D eigenvalue weighted by molar-refractivity contribution is 5.94. The number of carbonyl (C=O) groups excluding carboxylic acids is 1. The van der Waals surface area contributed by atoms with Gasteiger partial charge in [0, 0.05) is 25.5 Å². The molecule has 2 atom stereocenters. The molecule has 0 N–H and O–H groups in total. The van der Waals surface area contributed by atoms with Gasteiger partial charge in [-0.3, -0.25) is 9.78 Å². The molecule has 3 rings (SSSR count). The van der Waals surface area contributed by atoms with Crippen LogP contribution in [0.3, 0.4) is 0 Å². The minimum Gasteiger partial charge on any atom is -0.368 e. The van der Waals surface area contributed by atoms with Crippen LogP contribution < -0.4 is 0 Å². The highest BCUT2D eigenvalue weighted by Gasteiger charge is 2.44. The largest absolute Gasteiger partial charge is 0.368 e. The maximum atomic E-state index is 12.0. The third-order valence-electron chi connectivity index (χ3n) is 2.97. The van der Waals surface area contributed by atoms with Crippen LogP contribution in [0.2, 0.25) is 0 Å². The lowest BCUT2D eigenvalue weighted by molar-refractivity contribution is 0.0736. The molecule has 15 heavy (non-hydrogen) atoms. The van der Waals surface area contributed by atoms with Crippen molar-refractivity contribution >= 4 is 5.91 Å². The van der Waals surface area contributed by atoms with Crippen molar-refractivity contribution in [3.63, 3.8) is 0 Å². The maximum absolute atomic E-state index is 12.0. The Kier molecular flexibility index (Phi) is 1.95. The summed E-state index contributed by atoms with van der Waals surface area (Å²) in [7, 11) is 0. The quantitative estimate of drug-likeness (QED) is 0.632. The van der Waals surface area contributed by atoms with Crippen molar-refractivity contribution in [2.45, 2.75) is 18.6 Å². The highest BCUT2D eigenvalue weighted by Crippen LogP contribution is 2.31. The number of rotatable bonds is 1. The van der Waals surface area contributed by atoms with Crippen LogP contribution >= 0.6 is 0 Å². The number of fused-ring (bicyclic) bond motifs is 1. The van der Waals surface area contributed by atoms with Crippen LogP contribution in [0.1, 0.15) is 16.8 Å². The topological polar surface area (TPSA) is 45.7 Å². The number of amides is 1. The van der Waals surface area contributed by atoms with Gasteiger partial charge in [0.25, 0.3) is 5.91 Å². The summed E-state index contributed by atoms with van der Waals surface area (Å²) >= 11 is 0. The van der Waals surface area contributed by atoms with Crippen molar-refractivity contribution in [2.24, 2.45) is 0 Å². The molecule has 0 spiro atoms. The molecule has 0 aliphatic carbocycles. The average Bonchev–Trinajstić information content (AvgIpc) is 3.07. The lowest BCUT2D eigenvalue weighted by Gasteiger charge is -2.24. The molecule has 0 radical (unpaired) electrons. The van der Waals surface area contributed by atoms with Crippen molar-refractivity contribution in [3.8, 4) is 0 Å². The zero-order chi connectivity index (χ0) is 10.3. The van der Waals surface area contributed by atoms with E-state index >= 15 is 0 Å². The van der Waals surface area contributed by atoms with E-state index in [-0.39, 0.29) is 5.91 Å². The predicted octanol–water partition coefficient (Wildman–Crippen LogP) is 0.695. The van der Waals surface area contributed by atoms with Crippen LogP contribution in [-0.2, 0) is 4.74 Å². The molecule has 1 amide bonds. The van der Waals surface area contributed by atoms with Crippen molar-refractivity contribution < 1.29 is 9.53 Å². The molecule has 3 heterocycles. The Balaban J connectivity index is 1.74. The van der Waals surface area contributed by atoms with Crippen molar-refractivity contribution in [1.82, 2.24) is 9.88 Å². The molecule has 0 bridgehead atoms. The van der Waals surface area contributed by atoms with Gasteiger partial charge in [-0.25, -0.2) is 0 Å². The number of hydrogen-bond donors (Lipinski definition) is 0. The molecule has 4 nitrogen and oxygen atoms in total. The van der Waals surface area contributed by atoms with Gasteiger partial charge in [-0.2, -0.15) is 0 Å². The number of aromatic nitrogens is 1. The van der Waals surface area contributed by atoms with Gasteiger partial charge in [-0.15, -0.1) is 0 Å². The van der Waals surface area contributed by atoms with Gasteiger partial charge in [-0.1, -0.05) is 0 Å². The second-order valence-corrected chi connectivity index (χ2v) is 3.99. The normalized spacial score (nSPS) is 28.4. The van der Waals surface area contributed by atoms with Gasteiger partial charge >= 0.3 is 0 Å². The number of pyridine rings is 1. The minimum absolute atomic E-state index is 0.0667. The SMILES string of the molecule is O=C(c1cccnc1)N1CC[C@H]2O[C@H]2C1. The fourth-order valence-electron chi connectivity index (χ4n) is 2.04. The van der Waals surface area contributed by atoms with E-state index in [2.05, 4.69) is 4.98 Å². The molecule has 2 aliphatic heterocycles. The third kappa shape index (κ3) is 1.61. The molecular weight excluding hydrogens is 192 g/mol. The molecule has 0 aromatic carbocycles. The summed E-state index contributed by atoms with van der Waals surface area (Å²) < 4.78 is 5.38. The molecular formula is C11H12N2O2. The predicted molar refractivity (Wildman–Crippen MR) is 53.4 cm³/mol. The van der Waals surface area contributed by atoms with E-state index in [1.807, 2.05) is 4.90 Å². The number of nitrogens with zero attached hydrogens (tertiary/aromatic N) is 2. The number of likely N-dealkylation sites (tertiary alicyclic amines) is 1. The van der Waals surface area contributed by atoms with Gasteiger partial charge in [-0.05, 0) is 18.6 Å². The first kappa shape index (κ1) is 8.85. The minimum atomic E-state index is 0.0667.